The van der Waals surface area contributed by atoms with Crippen LogP contribution in [0.3, 0.4) is 0 Å². The van der Waals surface area contributed by atoms with Crippen molar-refractivity contribution in [2.45, 2.75) is 37.7 Å². The molecule has 0 aromatic carbocycles. The van der Waals surface area contributed by atoms with Gasteiger partial charge in [0.1, 0.15) is 0 Å². The average molecular weight is 195 g/mol. The predicted molar refractivity (Wildman–Crippen MR) is 54.8 cm³/mol. The molecule has 2 rings (SSSR count). The summed E-state index contributed by atoms with van der Waals surface area (Å²) >= 11 is 0. The summed E-state index contributed by atoms with van der Waals surface area (Å²) in [4.78, 5) is 0. The standard InChI is InChI=1S/C10H17N3O/c1-13-10(9(11)6-12-13)7-2-4-8(14)5-3-7/h6-8,14H,2-5,11H2,1H3. The molecule has 0 aliphatic heterocycles. The molecule has 0 spiro atoms. The van der Waals surface area contributed by atoms with Crippen LogP contribution in [0.25, 0.3) is 0 Å². The SMILES string of the molecule is Cn1ncc(N)c1C1CCC(O)CC1. The lowest BCUT2D eigenvalue weighted by molar-refractivity contribution is 0.121. The number of hydrogen-bond donors (Lipinski definition) is 2. The molecule has 4 heteroatoms. The van der Waals surface area contributed by atoms with Crippen molar-refractivity contribution in [3.63, 3.8) is 0 Å². The summed E-state index contributed by atoms with van der Waals surface area (Å²) < 4.78 is 1.86. The lowest BCUT2D eigenvalue weighted by atomic mass is 9.85. The van der Waals surface area contributed by atoms with E-state index in [4.69, 9.17) is 5.73 Å². The van der Waals surface area contributed by atoms with Crippen molar-refractivity contribution < 1.29 is 5.11 Å². The number of nitrogens with zero attached hydrogens (tertiary/aromatic N) is 2. The van der Waals surface area contributed by atoms with E-state index in [1.807, 2.05) is 11.7 Å². The van der Waals surface area contributed by atoms with Crippen molar-refractivity contribution in [3.05, 3.63) is 11.9 Å². The van der Waals surface area contributed by atoms with Gasteiger partial charge in [0.2, 0.25) is 0 Å². The normalized spacial score (nSPS) is 27.9. The summed E-state index contributed by atoms with van der Waals surface area (Å²) in [6, 6.07) is 0. The van der Waals surface area contributed by atoms with Crippen LogP contribution in [-0.4, -0.2) is 21.0 Å². The van der Waals surface area contributed by atoms with Crippen molar-refractivity contribution in [1.29, 1.82) is 0 Å². The Balaban J connectivity index is 2.15. The molecule has 0 saturated heterocycles. The monoisotopic (exact) mass is 195 g/mol. The Morgan fingerprint density at radius 1 is 1.43 bits per heavy atom. The van der Waals surface area contributed by atoms with Gasteiger partial charge in [-0.05, 0) is 25.7 Å². The van der Waals surface area contributed by atoms with Crippen molar-refractivity contribution >= 4 is 5.69 Å². The van der Waals surface area contributed by atoms with Crippen LogP contribution in [0, 0.1) is 0 Å². The Hall–Kier alpha value is -1.03. The summed E-state index contributed by atoms with van der Waals surface area (Å²) in [6.07, 6.45) is 5.40. The summed E-state index contributed by atoms with van der Waals surface area (Å²) in [7, 11) is 1.93. The van der Waals surface area contributed by atoms with Crippen LogP contribution in [0.1, 0.15) is 37.3 Å². The highest BCUT2D eigenvalue weighted by Crippen LogP contribution is 2.34. The second-order valence-electron chi connectivity index (χ2n) is 4.11. The number of nitrogen functional groups attached to an aromatic ring is 1. The second kappa shape index (κ2) is 3.61. The van der Waals surface area contributed by atoms with Crippen molar-refractivity contribution in [3.8, 4) is 0 Å². The molecule has 0 radical (unpaired) electrons. The highest BCUT2D eigenvalue weighted by Gasteiger charge is 2.24. The average Bonchev–Trinajstić information content (AvgIpc) is 2.49. The maximum absolute atomic E-state index is 9.41. The van der Waals surface area contributed by atoms with E-state index in [1.165, 1.54) is 0 Å². The van der Waals surface area contributed by atoms with Gasteiger partial charge in [0.05, 0.1) is 23.7 Å². The summed E-state index contributed by atoms with van der Waals surface area (Å²) in [5, 5.41) is 13.5. The molecule has 78 valence electrons. The highest BCUT2D eigenvalue weighted by atomic mass is 16.3. The van der Waals surface area contributed by atoms with Crippen LogP contribution in [0.5, 0.6) is 0 Å². The van der Waals surface area contributed by atoms with Gasteiger partial charge in [0, 0.05) is 13.0 Å². The fourth-order valence-corrected chi connectivity index (χ4v) is 2.31. The van der Waals surface area contributed by atoms with Gasteiger partial charge < -0.3 is 10.8 Å². The lowest BCUT2D eigenvalue weighted by Gasteiger charge is -2.25. The first-order valence-corrected chi connectivity index (χ1v) is 5.14. The summed E-state index contributed by atoms with van der Waals surface area (Å²) in [5.41, 5.74) is 7.78. The van der Waals surface area contributed by atoms with Crippen LogP contribution in [0.15, 0.2) is 6.20 Å². The zero-order valence-electron chi connectivity index (χ0n) is 8.48. The van der Waals surface area contributed by atoms with E-state index in [1.54, 1.807) is 6.20 Å². The quantitative estimate of drug-likeness (QED) is 0.703. The Morgan fingerprint density at radius 3 is 2.57 bits per heavy atom. The van der Waals surface area contributed by atoms with E-state index < -0.39 is 0 Å². The fourth-order valence-electron chi connectivity index (χ4n) is 2.31. The Morgan fingerprint density at radius 2 is 2.07 bits per heavy atom. The molecule has 1 fully saturated rings. The van der Waals surface area contributed by atoms with Crippen LogP contribution < -0.4 is 5.73 Å². The van der Waals surface area contributed by atoms with Gasteiger partial charge in [0.15, 0.2) is 0 Å². The van der Waals surface area contributed by atoms with Crippen molar-refractivity contribution in [2.75, 3.05) is 5.73 Å². The minimum Gasteiger partial charge on any atom is -0.396 e. The number of hydrogen-bond acceptors (Lipinski definition) is 3. The van der Waals surface area contributed by atoms with E-state index in [0.29, 0.717) is 5.92 Å². The third kappa shape index (κ3) is 1.62. The molecule has 0 amide bonds. The minimum absolute atomic E-state index is 0.110. The number of aliphatic hydroxyl groups is 1. The zero-order valence-corrected chi connectivity index (χ0v) is 8.48. The van der Waals surface area contributed by atoms with Crippen molar-refractivity contribution in [2.24, 2.45) is 7.05 Å². The van der Waals surface area contributed by atoms with Gasteiger partial charge >= 0.3 is 0 Å². The van der Waals surface area contributed by atoms with E-state index in [0.717, 1.165) is 37.1 Å². The summed E-state index contributed by atoms with van der Waals surface area (Å²) in [5.74, 6) is 0.478. The number of nitrogens with two attached hydrogens (primary N) is 1. The zero-order chi connectivity index (χ0) is 10.1. The highest BCUT2D eigenvalue weighted by molar-refractivity contribution is 5.43. The van der Waals surface area contributed by atoms with Gasteiger partial charge in [-0.25, -0.2) is 0 Å². The van der Waals surface area contributed by atoms with Crippen LogP contribution in [-0.2, 0) is 7.05 Å². The van der Waals surface area contributed by atoms with Gasteiger partial charge in [-0.3, -0.25) is 4.68 Å². The fraction of sp³-hybridized carbons (Fsp3) is 0.700. The van der Waals surface area contributed by atoms with Crippen molar-refractivity contribution in [1.82, 2.24) is 9.78 Å². The first kappa shape index (κ1) is 9.52. The van der Waals surface area contributed by atoms with Gasteiger partial charge in [-0.15, -0.1) is 0 Å². The topological polar surface area (TPSA) is 64.1 Å². The smallest absolute Gasteiger partial charge is 0.0735 e. The molecule has 4 nitrogen and oxygen atoms in total. The number of aromatic nitrogens is 2. The molecule has 1 aliphatic carbocycles. The van der Waals surface area contributed by atoms with Gasteiger partial charge in [-0.1, -0.05) is 0 Å². The van der Waals surface area contributed by atoms with Crippen LogP contribution >= 0.6 is 0 Å². The Bertz CT molecular complexity index is 294. The molecular formula is C10H17N3O. The van der Waals surface area contributed by atoms with E-state index in [-0.39, 0.29) is 6.10 Å². The Labute approximate surface area is 83.7 Å². The Kier molecular flexibility index (Phi) is 2.46. The lowest BCUT2D eigenvalue weighted by Crippen LogP contribution is -2.19. The number of aryl methyl sites for hydroxylation is 1. The molecule has 0 unspecified atom stereocenters. The maximum atomic E-state index is 9.41. The molecular weight excluding hydrogens is 178 g/mol. The molecule has 3 N–H and O–H groups in total. The first-order valence-electron chi connectivity index (χ1n) is 5.14. The van der Waals surface area contributed by atoms with E-state index >= 15 is 0 Å². The van der Waals surface area contributed by atoms with Crippen LogP contribution in [0.4, 0.5) is 5.69 Å². The molecule has 14 heavy (non-hydrogen) atoms. The third-order valence-electron chi connectivity index (χ3n) is 3.10. The van der Waals surface area contributed by atoms with Gasteiger partial charge in [0.25, 0.3) is 0 Å². The molecule has 1 aliphatic rings. The number of rotatable bonds is 1. The van der Waals surface area contributed by atoms with E-state index in [2.05, 4.69) is 5.10 Å². The molecule has 1 aromatic heterocycles. The maximum Gasteiger partial charge on any atom is 0.0735 e. The molecule has 1 saturated carbocycles. The molecule has 1 heterocycles. The molecule has 0 atom stereocenters. The number of aliphatic hydroxyl groups excluding tert-OH is 1. The minimum atomic E-state index is -0.110. The summed E-state index contributed by atoms with van der Waals surface area (Å²) in [6.45, 7) is 0. The van der Waals surface area contributed by atoms with Crippen LogP contribution in [0.2, 0.25) is 0 Å². The number of anilines is 1. The van der Waals surface area contributed by atoms with E-state index in [9.17, 15) is 5.11 Å². The third-order valence-corrected chi connectivity index (χ3v) is 3.10. The second-order valence-corrected chi connectivity index (χ2v) is 4.11. The molecule has 0 bridgehead atoms. The van der Waals surface area contributed by atoms with Gasteiger partial charge in [-0.2, -0.15) is 5.10 Å². The molecule has 1 aromatic rings. The first-order chi connectivity index (χ1) is 6.68. The largest absolute Gasteiger partial charge is 0.396 e. The predicted octanol–water partition coefficient (Wildman–Crippen LogP) is 1.02.